The van der Waals surface area contributed by atoms with Crippen molar-refractivity contribution >= 4 is 34.2 Å². The Balaban J connectivity index is 1.60. The molecule has 0 radical (unpaired) electrons. The van der Waals surface area contributed by atoms with Crippen molar-refractivity contribution in [1.82, 2.24) is 5.32 Å². The smallest absolute Gasteiger partial charge is 0.329 e. The van der Waals surface area contributed by atoms with Gasteiger partial charge in [0.25, 0.3) is 5.91 Å². The van der Waals surface area contributed by atoms with Crippen molar-refractivity contribution in [3.63, 3.8) is 0 Å². The first-order valence-electron chi connectivity index (χ1n) is 9.93. The number of carboxylic acids is 1. The molecule has 30 heavy (non-hydrogen) atoms. The van der Waals surface area contributed by atoms with Crippen LogP contribution in [0.25, 0.3) is 10.8 Å². The van der Waals surface area contributed by atoms with E-state index < -0.39 is 17.4 Å². The molecule has 1 aliphatic rings. The summed E-state index contributed by atoms with van der Waals surface area (Å²) in [5.41, 5.74) is 0.241. The maximum Gasteiger partial charge on any atom is 0.329 e. The fourth-order valence-corrected chi connectivity index (χ4v) is 3.83. The average Bonchev–Trinajstić information content (AvgIpc) is 2.71. The van der Waals surface area contributed by atoms with Crippen molar-refractivity contribution in [2.45, 2.75) is 31.2 Å². The standard InChI is InChI=1S/C24H22ClNO4/c25-18-9-6-16(7-10-18)12-15-30-21-19-5-2-1-4-17(19)8-11-20(21)22(27)26-24(23(28)29)13-3-14-24/h1-2,4-11H,3,12-15H2,(H,26,27)(H,28,29). The summed E-state index contributed by atoms with van der Waals surface area (Å²) < 4.78 is 6.09. The molecule has 0 bridgehead atoms. The summed E-state index contributed by atoms with van der Waals surface area (Å²) in [4.78, 5) is 24.7. The lowest BCUT2D eigenvalue weighted by atomic mass is 9.76. The number of carbonyl (C=O) groups excluding carboxylic acids is 1. The summed E-state index contributed by atoms with van der Waals surface area (Å²) in [6, 6.07) is 18.8. The third-order valence-corrected chi connectivity index (χ3v) is 5.90. The van der Waals surface area contributed by atoms with E-state index in [2.05, 4.69) is 5.32 Å². The number of benzene rings is 3. The number of hydrogen-bond donors (Lipinski definition) is 2. The van der Waals surface area contributed by atoms with Crippen LogP contribution in [0.1, 0.15) is 35.2 Å². The third-order valence-electron chi connectivity index (χ3n) is 5.64. The van der Waals surface area contributed by atoms with Crippen molar-refractivity contribution < 1.29 is 19.4 Å². The molecule has 5 nitrogen and oxygen atoms in total. The molecule has 3 aromatic carbocycles. The van der Waals surface area contributed by atoms with Gasteiger partial charge in [0.1, 0.15) is 11.3 Å². The molecule has 4 rings (SSSR count). The normalized spacial score (nSPS) is 14.7. The van der Waals surface area contributed by atoms with E-state index in [9.17, 15) is 14.7 Å². The van der Waals surface area contributed by atoms with Gasteiger partial charge in [0.05, 0.1) is 12.2 Å². The number of fused-ring (bicyclic) bond motifs is 1. The summed E-state index contributed by atoms with van der Waals surface area (Å²) in [6.45, 7) is 0.375. The van der Waals surface area contributed by atoms with Gasteiger partial charge in [0.2, 0.25) is 0 Å². The number of rotatable bonds is 7. The van der Waals surface area contributed by atoms with Crippen molar-refractivity contribution in [3.05, 3.63) is 76.8 Å². The average molecular weight is 424 g/mol. The Morgan fingerprint density at radius 2 is 1.77 bits per heavy atom. The molecule has 154 valence electrons. The van der Waals surface area contributed by atoms with Crippen LogP contribution in [0.2, 0.25) is 5.02 Å². The third kappa shape index (κ3) is 3.98. The number of ether oxygens (including phenoxy) is 1. The number of amides is 1. The molecular formula is C24H22ClNO4. The van der Waals surface area contributed by atoms with E-state index in [0.717, 1.165) is 22.8 Å². The van der Waals surface area contributed by atoms with Gasteiger partial charge < -0.3 is 15.2 Å². The van der Waals surface area contributed by atoms with Crippen LogP contribution < -0.4 is 10.1 Å². The van der Waals surface area contributed by atoms with Crippen molar-refractivity contribution in [1.29, 1.82) is 0 Å². The van der Waals surface area contributed by atoms with Gasteiger partial charge in [-0.05, 0) is 48.4 Å². The summed E-state index contributed by atoms with van der Waals surface area (Å²) in [5, 5.41) is 14.7. The van der Waals surface area contributed by atoms with Gasteiger partial charge in [-0.15, -0.1) is 0 Å². The van der Waals surface area contributed by atoms with E-state index in [4.69, 9.17) is 16.3 Å². The van der Waals surface area contributed by atoms with Crippen molar-refractivity contribution in [2.75, 3.05) is 6.61 Å². The van der Waals surface area contributed by atoms with Crippen LogP contribution in [0.4, 0.5) is 0 Å². The Labute approximate surface area is 179 Å². The second-order valence-electron chi connectivity index (χ2n) is 7.58. The Bertz CT molecular complexity index is 1090. The largest absolute Gasteiger partial charge is 0.492 e. The van der Waals surface area contributed by atoms with Crippen LogP contribution in [0.5, 0.6) is 5.75 Å². The lowest BCUT2D eigenvalue weighted by Crippen LogP contribution is -2.59. The Morgan fingerprint density at radius 3 is 2.43 bits per heavy atom. The minimum absolute atomic E-state index is 0.345. The summed E-state index contributed by atoms with van der Waals surface area (Å²) in [7, 11) is 0. The molecule has 0 aromatic heterocycles. The van der Waals surface area contributed by atoms with E-state index in [-0.39, 0.29) is 0 Å². The fourth-order valence-electron chi connectivity index (χ4n) is 3.71. The highest BCUT2D eigenvalue weighted by Crippen LogP contribution is 2.35. The van der Waals surface area contributed by atoms with Gasteiger partial charge in [-0.25, -0.2) is 4.79 Å². The Hall–Kier alpha value is -3.05. The number of nitrogens with one attached hydrogen (secondary N) is 1. The number of carbonyl (C=O) groups is 2. The van der Waals surface area contributed by atoms with E-state index in [1.54, 1.807) is 6.07 Å². The molecule has 1 saturated carbocycles. The predicted octanol–water partition coefficient (Wildman–Crippen LogP) is 4.85. The lowest BCUT2D eigenvalue weighted by Gasteiger charge is -2.38. The van der Waals surface area contributed by atoms with Gasteiger partial charge in [0, 0.05) is 16.8 Å². The van der Waals surface area contributed by atoms with Crippen molar-refractivity contribution in [2.24, 2.45) is 0 Å². The van der Waals surface area contributed by atoms with Crippen LogP contribution in [0, 0.1) is 0 Å². The van der Waals surface area contributed by atoms with E-state index in [0.29, 0.717) is 42.2 Å². The first kappa shape index (κ1) is 20.2. The van der Waals surface area contributed by atoms with Crippen LogP contribution >= 0.6 is 11.6 Å². The molecule has 1 aliphatic carbocycles. The maximum atomic E-state index is 13.0. The van der Waals surface area contributed by atoms with Crippen LogP contribution in [0.3, 0.4) is 0 Å². The Kier molecular flexibility index (Phi) is 5.64. The molecule has 3 aromatic rings. The van der Waals surface area contributed by atoms with Crippen LogP contribution in [0.15, 0.2) is 60.7 Å². The molecule has 0 unspecified atom stereocenters. The zero-order chi connectivity index (χ0) is 21.1. The second-order valence-corrected chi connectivity index (χ2v) is 8.02. The summed E-state index contributed by atoms with van der Waals surface area (Å²) in [6.07, 6.45) is 2.32. The number of hydrogen-bond acceptors (Lipinski definition) is 3. The quantitative estimate of drug-likeness (QED) is 0.569. The maximum absolute atomic E-state index is 13.0. The van der Waals surface area contributed by atoms with Gasteiger partial charge in [-0.2, -0.15) is 0 Å². The van der Waals surface area contributed by atoms with E-state index >= 15 is 0 Å². The van der Waals surface area contributed by atoms with Gasteiger partial charge in [0.15, 0.2) is 0 Å². The van der Waals surface area contributed by atoms with E-state index in [1.165, 1.54) is 0 Å². The zero-order valence-corrected chi connectivity index (χ0v) is 17.1. The summed E-state index contributed by atoms with van der Waals surface area (Å²) in [5.74, 6) is -0.947. The van der Waals surface area contributed by atoms with Gasteiger partial charge >= 0.3 is 5.97 Å². The fraction of sp³-hybridized carbons (Fsp3) is 0.250. The number of aliphatic carboxylic acids is 1. The first-order chi connectivity index (χ1) is 14.5. The first-order valence-corrected chi connectivity index (χ1v) is 10.3. The summed E-state index contributed by atoms with van der Waals surface area (Å²) >= 11 is 5.94. The molecule has 6 heteroatoms. The predicted molar refractivity (Wildman–Crippen MR) is 116 cm³/mol. The van der Waals surface area contributed by atoms with Gasteiger partial charge in [-0.3, -0.25) is 4.79 Å². The molecule has 0 spiro atoms. The minimum atomic E-state index is -1.18. The topological polar surface area (TPSA) is 75.6 Å². The van der Waals surface area contributed by atoms with E-state index in [1.807, 2.05) is 54.6 Å². The number of carboxylic acid groups (broad SMARTS) is 1. The molecule has 2 N–H and O–H groups in total. The SMILES string of the molecule is O=C(NC1(C(=O)O)CCC1)c1ccc2ccccc2c1OCCc1ccc(Cl)cc1. The highest BCUT2D eigenvalue weighted by Gasteiger charge is 2.46. The minimum Gasteiger partial charge on any atom is -0.492 e. The molecule has 0 saturated heterocycles. The van der Waals surface area contributed by atoms with Crippen molar-refractivity contribution in [3.8, 4) is 5.75 Å². The molecule has 1 fully saturated rings. The monoisotopic (exact) mass is 423 g/mol. The van der Waals surface area contributed by atoms with Gasteiger partial charge in [-0.1, -0.05) is 54.1 Å². The highest BCUT2D eigenvalue weighted by molar-refractivity contribution is 6.30. The molecule has 0 heterocycles. The molecule has 0 aliphatic heterocycles. The van der Waals surface area contributed by atoms with Crippen LogP contribution in [-0.4, -0.2) is 29.1 Å². The molecular weight excluding hydrogens is 402 g/mol. The molecule has 0 atom stereocenters. The highest BCUT2D eigenvalue weighted by atomic mass is 35.5. The van der Waals surface area contributed by atoms with Crippen LogP contribution in [-0.2, 0) is 11.2 Å². The second kappa shape index (κ2) is 8.36. The molecule has 1 amide bonds. The Morgan fingerprint density at radius 1 is 1.03 bits per heavy atom. The zero-order valence-electron chi connectivity index (χ0n) is 16.4. The lowest BCUT2D eigenvalue weighted by molar-refractivity contribution is -0.148. The number of halogens is 1.